The molecule has 0 amide bonds. The van der Waals surface area contributed by atoms with Crippen molar-refractivity contribution in [1.29, 1.82) is 0 Å². The van der Waals surface area contributed by atoms with Gasteiger partial charge in [0.1, 0.15) is 5.75 Å². The summed E-state index contributed by atoms with van der Waals surface area (Å²) in [5.74, 6) is 0.661. The van der Waals surface area contributed by atoms with Crippen LogP contribution in [0.5, 0.6) is 5.75 Å². The zero-order valence-corrected chi connectivity index (χ0v) is 15.7. The van der Waals surface area contributed by atoms with Gasteiger partial charge in [0.25, 0.3) is 10.0 Å². The van der Waals surface area contributed by atoms with E-state index in [1.165, 1.54) is 8.99 Å². The summed E-state index contributed by atoms with van der Waals surface area (Å²) in [7, 11) is -0.634. The third-order valence-electron chi connectivity index (χ3n) is 3.98. The van der Waals surface area contributed by atoms with Crippen molar-refractivity contribution in [2.75, 3.05) is 26.7 Å². The van der Waals surface area contributed by atoms with Crippen molar-refractivity contribution in [2.24, 2.45) is 7.05 Å². The van der Waals surface area contributed by atoms with E-state index >= 15 is 0 Å². The number of rotatable bonds is 4. The van der Waals surface area contributed by atoms with Crippen LogP contribution in [0.25, 0.3) is 0 Å². The standard InChI is InChI=1S/C14H18BrN5O3S/c1-19-14(13(15)17-18-19)24(21,22)20-8-7-16-9-11(20)10-5-3-4-6-12(10)23-2/h3-6,11,16H,7-9H2,1-2H3/t11-/m0/s1. The van der Waals surface area contributed by atoms with Gasteiger partial charge in [-0.25, -0.2) is 13.1 Å². The van der Waals surface area contributed by atoms with E-state index in [0.29, 0.717) is 25.4 Å². The second-order valence-corrected chi connectivity index (χ2v) is 7.94. The third kappa shape index (κ3) is 2.94. The zero-order valence-electron chi connectivity index (χ0n) is 13.3. The number of halogens is 1. The number of nitrogens with one attached hydrogen (secondary N) is 1. The van der Waals surface area contributed by atoms with Gasteiger partial charge in [0.2, 0.25) is 5.03 Å². The molecule has 0 spiro atoms. The van der Waals surface area contributed by atoms with Crippen LogP contribution in [-0.4, -0.2) is 54.5 Å². The summed E-state index contributed by atoms with van der Waals surface area (Å²) in [6, 6.07) is 7.07. The van der Waals surface area contributed by atoms with Crippen molar-refractivity contribution in [3.8, 4) is 5.75 Å². The summed E-state index contributed by atoms with van der Waals surface area (Å²) in [6.45, 7) is 1.43. The van der Waals surface area contributed by atoms with Crippen molar-refractivity contribution in [2.45, 2.75) is 11.1 Å². The van der Waals surface area contributed by atoms with Crippen LogP contribution in [0.3, 0.4) is 0 Å². The second kappa shape index (κ2) is 6.79. The molecule has 1 saturated heterocycles. The highest BCUT2D eigenvalue weighted by Gasteiger charge is 2.38. The van der Waals surface area contributed by atoms with Crippen molar-refractivity contribution < 1.29 is 13.2 Å². The van der Waals surface area contributed by atoms with E-state index < -0.39 is 10.0 Å². The molecule has 0 aliphatic carbocycles. The number of para-hydroxylation sites is 1. The Morgan fingerprint density at radius 3 is 2.79 bits per heavy atom. The lowest BCUT2D eigenvalue weighted by molar-refractivity contribution is 0.263. The summed E-state index contributed by atoms with van der Waals surface area (Å²) in [5.41, 5.74) is 0.821. The smallest absolute Gasteiger partial charge is 0.263 e. The number of methoxy groups -OCH3 is 1. The number of piperazine rings is 1. The molecule has 0 saturated carbocycles. The van der Waals surface area contributed by atoms with Crippen LogP contribution in [0.1, 0.15) is 11.6 Å². The highest BCUT2D eigenvalue weighted by molar-refractivity contribution is 9.10. The Balaban J connectivity index is 2.07. The Hall–Kier alpha value is -1.49. The SMILES string of the molecule is COc1ccccc1[C@@H]1CNCCN1S(=O)(=O)c1c(Br)nnn1C. The van der Waals surface area contributed by atoms with Crippen molar-refractivity contribution in [1.82, 2.24) is 24.6 Å². The van der Waals surface area contributed by atoms with E-state index in [4.69, 9.17) is 4.74 Å². The number of hydrogen-bond donors (Lipinski definition) is 1. The largest absolute Gasteiger partial charge is 0.496 e. The number of aromatic nitrogens is 3. The first-order chi connectivity index (χ1) is 11.5. The number of hydrogen-bond acceptors (Lipinski definition) is 6. The molecule has 2 heterocycles. The van der Waals surface area contributed by atoms with Gasteiger partial charge in [-0.3, -0.25) is 0 Å². The molecule has 1 aliphatic heterocycles. The minimum Gasteiger partial charge on any atom is -0.496 e. The number of ether oxygens (including phenoxy) is 1. The first-order valence-electron chi connectivity index (χ1n) is 7.37. The summed E-state index contributed by atoms with van der Waals surface area (Å²) < 4.78 is 34.8. The van der Waals surface area contributed by atoms with Gasteiger partial charge in [0, 0.05) is 32.2 Å². The molecule has 0 radical (unpaired) electrons. The van der Waals surface area contributed by atoms with Gasteiger partial charge in [0.15, 0.2) is 4.60 Å². The first kappa shape index (κ1) is 17.3. The molecule has 1 aromatic carbocycles. The van der Waals surface area contributed by atoms with Gasteiger partial charge in [-0.15, -0.1) is 5.10 Å². The van der Waals surface area contributed by atoms with Crippen molar-refractivity contribution in [3.05, 3.63) is 34.4 Å². The molecule has 1 atom stereocenters. The molecule has 10 heteroatoms. The van der Waals surface area contributed by atoms with E-state index in [9.17, 15) is 8.42 Å². The maximum absolute atomic E-state index is 13.2. The van der Waals surface area contributed by atoms with E-state index in [-0.39, 0.29) is 15.7 Å². The van der Waals surface area contributed by atoms with Gasteiger partial charge >= 0.3 is 0 Å². The number of aryl methyl sites for hydroxylation is 1. The average Bonchev–Trinajstić information content (AvgIpc) is 2.94. The molecule has 0 bridgehead atoms. The van der Waals surface area contributed by atoms with Crippen LogP contribution in [0, 0.1) is 0 Å². The Labute approximate surface area is 149 Å². The van der Waals surface area contributed by atoms with Gasteiger partial charge in [-0.05, 0) is 22.0 Å². The summed E-state index contributed by atoms with van der Waals surface area (Å²) in [4.78, 5) is 0. The fourth-order valence-corrected chi connectivity index (χ4v) is 5.53. The molecular weight excluding hydrogens is 398 g/mol. The maximum Gasteiger partial charge on any atom is 0.263 e. The fraction of sp³-hybridized carbons (Fsp3) is 0.429. The quantitative estimate of drug-likeness (QED) is 0.798. The molecular formula is C14H18BrN5O3S. The number of benzene rings is 1. The fourth-order valence-electron chi connectivity index (χ4n) is 2.89. The Morgan fingerprint density at radius 2 is 2.12 bits per heavy atom. The molecule has 1 N–H and O–H groups in total. The van der Waals surface area contributed by atoms with E-state index in [2.05, 4.69) is 31.6 Å². The van der Waals surface area contributed by atoms with Crippen molar-refractivity contribution in [3.63, 3.8) is 0 Å². The lowest BCUT2D eigenvalue weighted by atomic mass is 10.0. The van der Waals surface area contributed by atoms with Crippen LogP contribution < -0.4 is 10.1 Å². The lowest BCUT2D eigenvalue weighted by Crippen LogP contribution is -2.49. The summed E-state index contributed by atoms with van der Waals surface area (Å²) in [5, 5.41) is 10.9. The minimum absolute atomic E-state index is 0.0456. The van der Waals surface area contributed by atoms with Crippen LogP contribution in [0.2, 0.25) is 0 Å². The lowest BCUT2D eigenvalue weighted by Gasteiger charge is -2.35. The van der Waals surface area contributed by atoms with E-state index in [1.807, 2.05) is 24.3 Å². The highest BCUT2D eigenvalue weighted by Crippen LogP contribution is 2.34. The predicted molar refractivity (Wildman–Crippen MR) is 91.2 cm³/mol. The molecule has 1 aromatic heterocycles. The molecule has 24 heavy (non-hydrogen) atoms. The van der Waals surface area contributed by atoms with Crippen molar-refractivity contribution >= 4 is 26.0 Å². The van der Waals surface area contributed by atoms with E-state index in [1.54, 1.807) is 14.2 Å². The molecule has 3 rings (SSSR count). The van der Waals surface area contributed by atoms with Crippen LogP contribution in [-0.2, 0) is 17.1 Å². The topological polar surface area (TPSA) is 89.3 Å². The summed E-state index contributed by atoms with van der Waals surface area (Å²) in [6.07, 6.45) is 0. The molecule has 130 valence electrons. The number of sulfonamides is 1. The Morgan fingerprint density at radius 1 is 1.38 bits per heavy atom. The number of nitrogens with zero attached hydrogens (tertiary/aromatic N) is 4. The molecule has 0 unspecified atom stereocenters. The van der Waals surface area contributed by atoms with Crippen LogP contribution >= 0.6 is 15.9 Å². The predicted octanol–water partition coefficient (Wildman–Crippen LogP) is 0.921. The average molecular weight is 416 g/mol. The first-order valence-corrected chi connectivity index (χ1v) is 9.60. The van der Waals surface area contributed by atoms with Crippen LogP contribution in [0.15, 0.2) is 33.9 Å². The van der Waals surface area contributed by atoms with Gasteiger partial charge < -0.3 is 10.1 Å². The third-order valence-corrected chi connectivity index (χ3v) is 6.78. The molecule has 1 aliphatic rings. The summed E-state index contributed by atoms with van der Waals surface area (Å²) >= 11 is 3.18. The zero-order chi connectivity index (χ0) is 17.3. The second-order valence-electron chi connectivity index (χ2n) is 5.39. The van der Waals surface area contributed by atoms with Gasteiger partial charge in [-0.1, -0.05) is 23.4 Å². The Kier molecular flexibility index (Phi) is 4.90. The minimum atomic E-state index is -3.77. The normalized spacial score (nSPS) is 19.4. The van der Waals surface area contributed by atoms with Gasteiger partial charge in [0.05, 0.1) is 13.2 Å². The van der Waals surface area contributed by atoms with E-state index in [0.717, 1.165) is 5.56 Å². The van der Waals surface area contributed by atoms with Gasteiger partial charge in [-0.2, -0.15) is 4.31 Å². The molecule has 1 fully saturated rings. The molecule has 8 nitrogen and oxygen atoms in total. The molecule has 2 aromatic rings. The van der Waals surface area contributed by atoms with Crippen LogP contribution in [0.4, 0.5) is 0 Å². The maximum atomic E-state index is 13.2. The monoisotopic (exact) mass is 415 g/mol. The Bertz CT molecular complexity index is 819. The highest BCUT2D eigenvalue weighted by atomic mass is 79.9.